The maximum absolute atomic E-state index is 14.0. The molecule has 2 heterocycles. The summed E-state index contributed by atoms with van der Waals surface area (Å²) in [5.74, 6) is 0.463. The van der Waals surface area contributed by atoms with Gasteiger partial charge in [-0.05, 0) is 36.8 Å². The van der Waals surface area contributed by atoms with E-state index in [0.717, 1.165) is 16.8 Å². The molecular formula is C25H21ClN2O2S. The molecule has 3 aromatic rings. The molecule has 4 nitrogen and oxygen atoms in total. The molecule has 1 saturated heterocycles. The van der Waals surface area contributed by atoms with Gasteiger partial charge in [-0.3, -0.25) is 9.59 Å². The Morgan fingerprint density at radius 3 is 2.61 bits per heavy atom. The van der Waals surface area contributed by atoms with Crippen LogP contribution < -0.4 is 4.90 Å². The zero-order valence-electron chi connectivity index (χ0n) is 17.0. The number of rotatable bonds is 3. The summed E-state index contributed by atoms with van der Waals surface area (Å²) < 4.78 is 0. The van der Waals surface area contributed by atoms with Gasteiger partial charge in [0.25, 0.3) is 11.8 Å². The predicted octanol–water partition coefficient (Wildman–Crippen LogP) is 5.24. The SMILES string of the molecule is Cc1ccc(CN2C(=O)[C@@]3(SCCN3C(=O)c3cccc(Cl)c3)c3ccccc32)cc1. The minimum absolute atomic E-state index is 0.0628. The van der Waals surface area contributed by atoms with Crippen LogP contribution >= 0.6 is 23.4 Å². The van der Waals surface area contributed by atoms with E-state index in [1.165, 1.54) is 17.3 Å². The van der Waals surface area contributed by atoms with Crippen LogP contribution in [0.1, 0.15) is 27.0 Å². The van der Waals surface area contributed by atoms with Gasteiger partial charge in [-0.1, -0.05) is 65.7 Å². The molecule has 1 atom stereocenters. The number of anilines is 1. The minimum atomic E-state index is -1.04. The number of hydrogen-bond acceptors (Lipinski definition) is 3. The Balaban J connectivity index is 1.57. The zero-order valence-corrected chi connectivity index (χ0v) is 18.6. The largest absolute Gasteiger partial charge is 0.311 e. The Morgan fingerprint density at radius 1 is 1.06 bits per heavy atom. The summed E-state index contributed by atoms with van der Waals surface area (Å²) in [5, 5.41) is 0.505. The van der Waals surface area contributed by atoms with Crippen molar-refractivity contribution in [2.24, 2.45) is 0 Å². The number of aryl methyl sites for hydroxylation is 1. The van der Waals surface area contributed by atoms with E-state index in [2.05, 4.69) is 12.1 Å². The molecule has 0 unspecified atom stereocenters. The van der Waals surface area contributed by atoms with Crippen LogP contribution in [0.2, 0.25) is 5.02 Å². The summed E-state index contributed by atoms with van der Waals surface area (Å²) in [6.07, 6.45) is 0. The Kier molecular flexibility index (Phi) is 5.03. The first-order chi connectivity index (χ1) is 15.0. The van der Waals surface area contributed by atoms with Crippen molar-refractivity contribution in [1.29, 1.82) is 0 Å². The van der Waals surface area contributed by atoms with Crippen LogP contribution in [-0.4, -0.2) is 29.0 Å². The van der Waals surface area contributed by atoms with Crippen molar-refractivity contribution in [1.82, 2.24) is 4.90 Å². The Hall–Kier alpha value is -2.76. The average Bonchev–Trinajstić information content (AvgIpc) is 3.32. The third kappa shape index (κ3) is 3.24. The third-order valence-corrected chi connectivity index (χ3v) is 7.53. The summed E-state index contributed by atoms with van der Waals surface area (Å²) in [7, 11) is 0. The van der Waals surface area contributed by atoms with Gasteiger partial charge in [-0.2, -0.15) is 0 Å². The predicted molar refractivity (Wildman–Crippen MR) is 125 cm³/mol. The fourth-order valence-electron chi connectivity index (χ4n) is 4.38. The highest BCUT2D eigenvalue weighted by Crippen LogP contribution is 2.54. The lowest BCUT2D eigenvalue weighted by molar-refractivity contribution is -0.123. The van der Waals surface area contributed by atoms with Crippen LogP contribution in [0.15, 0.2) is 72.8 Å². The second-order valence-corrected chi connectivity index (χ2v) is 9.58. The van der Waals surface area contributed by atoms with Crippen molar-refractivity contribution < 1.29 is 9.59 Å². The Labute approximate surface area is 190 Å². The van der Waals surface area contributed by atoms with Crippen molar-refractivity contribution in [3.05, 3.63) is 100 Å². The zero-order chi connectivity index (χ0) is 21.6. The first-order valence-electron chi connectivity index (χ1n) is 10.2. The minimum Gasteiger partial charge on any atom is -0.311 e. The first-order valence-corrected chi connectivity index (χ1v) is 11.6. The quantitative estimate of drug-likeness (QED) is 0.550. The second kappa shape index (κ2) is 7.74. The Bertz CT molecular complexity index is 1180. The molecule has 1 spiro atoms. The van der Waals surface area contributed by atoms with Crippen molar-refractivity contribution in [2.45, 2.75) is 18.3 Å². The number of benzene rings is 3. The molecule has 1 fully saturated rings. The number of carbonyl (C=O) groups is 2. The van der Waals surface area contributed by atoms with Crippen molar-refractivity contribution in [2.75, 3.05) is 17.2 Å². The highest BCUT2D eigenvalue weighted by molar-refractivity contribution is 8.01. The van der Waals surface area contributed by atoms with Crippen LogP contribution in [0, 0.1) is 6.92 Å². The van der Waals surface area contributed by atoms with Gasteiger partial charge >= 0.3 is 0 Å². The highest BCUT2D eigenvalue weighted by atomic mass is 35.5. The standard InChI is InChI=1S/C25H21ClN2O2S/c1-17-9-11-18(12-10-17)16-27-22-8-3-2-7-21(22)25(24(27)30)28(13-14-31-25)23(29)19-5-4-6-20(26)15-19/h2-12,15H,13-14,16H2,1H3/t25-/m0/s1. The lowest BCUT2D eigenvalue weighted by atomic mass is 10.0. The maximum atomic E-state index is 14.0. The van der Waals surface area contributed by atoms with Gasteiger partial charge in [0.2, 0.25) is 0 Å². The van der Waals surface area contributed by atoms with Crippen molar-refractivity contribution >= 4 is 40.9 Å². The van der Waals surface area contributed by atoms with E-state index in [1.807, 2.05) is 48.2 Å². The summed E-state index contributed by atoms with van der Waals surface area (Å²) in [4.78, 5) is 30.0. The monoisotopic (exact) mass is 448 g/mol. The van der Waals surface area contributed by atoms with Gasteiger partial charge in [0, 0.05) is 28.4 Å². The van der Waals surface area contributed by atoms with Crippen LogP contribution in [0.3, 0.4) is 0 Å². The topological polar surface area (TPSA) is 40.6 Å². The fourth-order valence-corrected chi connectivity index (χ4v) is 6.03. The number of amides is 2. The smallest absolute Gasteiger partial charge is 0.268 e. The van der Waals surface area contributed by atoms with Crippen LogP contribution in [0.25, 0.3) is 0 Å². The second-order valence-electron chi connectivity index (χ2n) is 7.85. The number of halogens is 1. The van der Waals surface area contributed by atoms with E-state index in [4.69, 9.17) is 11.6 Å². The first kappa shape index (κ1) is 20.2. The number of nitrogens with zero attached hydrogens (tertiary/aromatic N) is 2. The molecule has 6 heteroatoms. The van der Waals surface area contributed by atoms with Crippen LogP contribution in [-0.2, 0) is 16.2 Å². The van der Waals surface area contributed by atoms with E-state index < -0.39 is 4.87 Å². The number of hydrogen-bond donors (Lipinski definition) is 0. The number of para-hydroxylation sites is 1. The van der Waals surface area contributed by atoms with Gasteiger partial charge in [0.15, 0.2) is 4.87 Å². The molecule has 0 N–H and O–H groups in total. The fraction of sp³-hybridized carbons (Fsp3) is 0.200. The van der Waals surface area contributed by atoms with E-state index in [-0.39, 0.29) is 11.8 Å². The average molecular weight is 449 g/mol. The molecular weight excluding hydrogens is 428 g/mol. The van der Waals surface area contributed by atoms with Crippen LogP contribution in [0.4, 0.5) is 5.69 Å². The molecule has 5 rings (SSSR count). The normalized spacial score (nSPS) is 19.9. The van der Waals surface area contributed by atoms with Crippen molar-refractivity contribution in [3.8, 4) is 0 Å². The van der Waals surface area contributed by atoms with Gasteiger partial charge < -0.3 is 9.80 Å². The number of carbonyl (C=O) groups excluding carboxylic acids is 2. The third-order valence-electron chi connectivity index (χ3n) is 5.88. The maximum Gasteiger partial charge on any atom is 0.268 e. The van der Waals surface area contributed by atoms with Gasteiger partial charge in [-0.15, -0.1) is 11.8 Å². The summed E-state index contributed by atoms with van der Waals surface area (Å²) in [6, 6.07) is 22.9. The van der Waals surface area contributed by atoms with E-state index >= 15 is 0 Å². The molecule has 0 bridgehead atoms. The molecule has 2 aliphatic heterocycles. The molecule has 2 amide bonds. The lowest BCUT2D eigenvalue weighted by Gasteiger charge is -2.33. The van der Waals surface area contributed by atoms with Crippen molar-refractivity contribution in [3.63, 3.8) is 0 Å². The summed E-state index contributed by atoms with van der Waals surface area (Å²) >= 11 is 7.67. The van der Waals surface area contributed by atoms with E-state index in [9.17, 15) is 9.59 Å². The molecule has 3 aromatic carbocycles. The lowest BCUT2D eigenvalue weighted by Crippen LogP contribution is -2.50. The van der Waals surface area contributed by atoms with E-state index in [0.29, 0.717) is 29.4 Å². The Morgan fingerprint density at radius 2 is 1.84 bits per heavy atom. The molecule has 31 heavy (non-hydrogen) atoms. The highest BCUT2D eigenvalue weighted by Gasteiger charge is 2.59. The van der Waals surface area contributed by atoms with Gasteiger partial charge in [0.1, 0.15) is 0 Å². The molecule has 0 saturated carbocycles. The van der Waals surface area contributed by atoms with Crippen LogP contribution in [0.5, 0.6) is 0 Å². The molecule has 2 aliphatic rings. The van der Waals surface area contributed by atoms with E-state index in [1.54, 1.807) is 29.2 Å². The molecule has 0 aliphatic carbocycles. The van der Waals surface area contributed by atoms with Gasteiger partial charge in [0.05, 0.1) is 12.2 Å². The van der Waals surface area contributed by atoms with Gasteiger partial charge in [-0.25, -0.2) is 0 Å². The molecule has 156 valence electrons. The summed E-state index contributed by atoms with van der Waals surface area (Å²) in [6.45, 7) is 3.02. The molecule has 0 radical (unpaired) electrons. The number of thioether (sulfide) groups is 1. The summed E-state index contributed by atoms with van der Waals surface area (Å²) in [5.41, 5.74) is 4.48. The number of fused-ring (bicyclic) bond motifs is 2. The molecule has 0 aromatic heterocycles.